The molecule has 0 aromatic heterocycles. The summed E-state index contributed by atoms with van der Waals surface area (Å²) >= 11 is 0. The van der Waals surface area contributed by atoms with Crippen LogP contribution in [0.1, 0.15) is 311 Å². The quantitative estimate of drug-likeness (QED) is 0.0222. The van der Waals surface area contributed by atoms with Crippen molar-refractivity contribution in [3.05, 3.63) is 0 Å². The average molecular weight is 1210 g/mol. The summed E-state index contributed by atoms with van der Waals surface area (Å²) in [6.45, 7) is 9.44. The fraction of sp³-hybridized carbons (Fsp3) is 0.937. The third-order valence-corrected chi connectivity index (χ3v) is 16.7. The summed E-state index contributed by atoms with van der Waals surface area (Å²) in [5, 5.41) is 10.5. The molecule has 0 saturated carbocycles. The first-order chi connectivity index (χ1) is 39.4. The van der Waals surface area contributed by atoms with E-state index in [9.17, 15) is 43.2 Å². The number of esters is 4. The second kappa shape index (κ2) is 55.6. The van der Waals surface area contributed by atoms with Crippen molar-refractivity contribution in [1.29, 1.82) is 0 Å². The van der Waals surface area contributed by atoms with E-state index >= 15 is 0 Å². The Bertz CT molecular complexity index is 1620. The van der Waals surface area contributed by atoms with Crippen molar-refractivity contribution < 1.29 is 80.2 Å². The largest absolute Gasteiger partial charge is 0.472 e. The molecule has 0 spiro atoms. The van der Waals surface area contributed by atoms with Gasteiger partial charge in [-0.25, -0.2) is 9.13 Å². The van der Waals surface area contributed by atoms with Crippen molar-refractivity contribution in [1.82, 2.24) is 0 Å². The predicted octanol–water partition coefficient (Wildman–Crippen LogP) is 17.3. The molecule has 0 bridgehead atoms. The molecule has 19 heteroatoms. The van der Waals surface area contributed by atoms with E-state index in [1.807, 2.05) is 0 Å². The number of hydrogen-bond donors (Lipinski definition) is 3. The lowest BCUT2D eigenvalue weighted by atomic mass is 9.99. The van der Waals surface area contributed by atoms with Gasteiger partial charge in [0.25, 0.3) is 0 Å². The number of aliphatic hydroxyl groups excluding tert-OH is 1. The Morgan fingerprint density at radius 2 is 0.622 bits per heavy atom. The van der Waals surface area contributed by atoms with Crippen LogP contribution in [-0.2, 0) is 65.4 Å². The summed E-state index contributed by atoms with van der Waals surface area (Å²) in [6.07, 6.45) is 37.6. The van der Waals surface area contributed by atoms with Crippen LogP contribution in [0.15, 0.2) is 0 Å². The first kappa shape index (κ1) is 80.1. The van der Waals surface area contributed by atoms with E-state index in [0.29, 0.717) is 25.7 Å². The van der Waals surface area contributed by atoms with Crippen LogP contribution in [0, 0.1) is 11.8 Å². The first-order valence-electron chi connectivity index (χ1n) is 33.0. The third kappa shape index (κ3) is 55.9. The number of rotatable bonds is 62. The molecule has 0 heterocycles. The van der Waals surface area contributed by atoms with Crippen LogP contribution < -0.4 is 0 Å². The topological polar surface area (TPSA) is 237 Å². The molecule has 0 aliphatic heterocycles. The van der Waals surface area contributed by atoms with Gasteiger partial charge in [-0.2, -0.15) is 0 Å². The molecule has 0 saturated heterocycles. The normalized spacial score (nSPS) is 14.7. The highest BCUT2D eigenvalue weighted by Gasteiger charge is 2.30. The van der Waals surface area contributed by atoms with E-state index in [4.69, 9.17) is 37.0 Å². The van der Waals surface area contributed by atoms with Crippen LogP contribution in [0.2, 0.25) is 0 Å². The van der Waals surface area contributed by atoms with Crippen LogP contribution in [0.4, 0.5) is 0 Å². The monoisotopic (exact) mass is 1210 g/mol. The number of ether oxygens (including phenoxy) is 4. The molecule has 0 radical (unpaired) electrons. The Kier molecular flexibility index (Phi) is 54.3. The molecular weight excluding hydrogens is 1090 g/mol. The van der Waals surface area contributed by atoms with E-state index in [1.54, 1.807) is 0 Å². The lowest BCUT2D eigenvalue weighted by Crippen LogP contribution is -2.30. The molecule has 6 atom stereocenters. The van der Waals surface area contributed by atoms with Crippen LogP contribution in [0.5, 0.6) is 0 Å². The van der Waals surface area contributed by atoms with Gasteiger partial charge in [-0.05, 0) is 37.5 Å². The zero-order chi connectivity index (χ0) is 60.8. The van der Waals surface area contributed by atoms with Gasteiger partial charge < -0.3 is 33.8 Å². The highest BCUT2D eigenvalue weighted by atomic mass is 31.2. The summed E-state index contributed by atoms with van der Waals surface area (Å²) in [5.74, 6) is -0.597. The van der Waals surface area contributed by atoms with Crippen LogP contribution in [-0.4, -0.2) is 96.7 Å². The zero-order valence-electron chi connectivity index (χ0n) is 52.8. The summed E-state index contributed by atoms with van der Waals surface area (Å²) < 4.78 is 67.8. The minimum atomic E-state index is -4.94. The third-order valence-electron chi connectivity index (χ3n) is 14.8. The molecule has 0 amide bonds. The SMILES string of the molecule is CCCCCCCCCCCC(=O)O[C@H](COC(=O)CCCCCCCCC)COP(=O)(O)OC[C@H](O)COP(=O)(O)OC[C@@H](COC(=O)CCCCCCCCCCC(C)CC)OC(=O)CCCCCCCCCCCCCC(C)C. The van der Waals surface area contributed by atoms with Crippen molar-refractivity contribution >= 4 is 39.5 Å². The van der Waals surface area contributed by atoms with Gasteiger partial charge in [-0.3, -0.25) is 37.3 Å². The van der Waals surface area contributed by atoms with Crippen LogP contribution in [0.3, 0.4) is 0 Å². The Morgan fingerprint density at radius 1 is 0.354 bits per heavy atom. The molecule has 0 rings (SSSR count). The number of phosphoric acid groups is 2. The molecule has 82 heavy (non-hydrogen) atoms. The van der Waals surface area contributed by atoms with Gasteiger partial charge in [-0.15, -0.1) is 0 Å². The summed E-state index contributed by atoms with van der Waals surface area (Å²) in [7, 11) is -9.88. The number of carbonyl (C=O) groups excluding carboxylic acids is 4. The summed E-state index contributed by atoms with van der Waals surface area (Å²) in [5.41, 5.74) is 0. The predicted molar refractivity (Wildman–Crippen MR) is 326 cm³/mol. The Morgan fingerprint density at radius 3 is 0.927 bits per heavy atom. The number of hydrogen-bond acceptors (Lipinski definition) is 15. The van der Waals surface area contributed by atoms with E-state index in [0.717, 1.165) is 115 Å². The molecule has 486 valence electrons. The molecular formula is C63H122O17P2. The van der Waals surface area contributed by atoms with Crippen LogP contribution >= 0.6 is 15.6 Å². The van der Waals surface area contributed by atoms with Crippen molar-refractivity contribution in [3.63, 3.8) is 0 Å². The van der Waals surface area contributed by atoms with Gasteiger partial charge in [0.05, 0.1) is 26.4 Å². The maximum Gasteiger partial charge on any atom is 0.472 e. The molecule has 0 aromatic rings. The van der Waals surface area contributed by atoms with E-state index in [2.05, 4.69) is 41.5 Å². The minimum Gasteiger partial charge on any atom is -0.462 e. The Balaban J connectivity index is 5.22. The van der Waals surface area contributed by atoms with Gasteiger partial charge >= 0.3 is 39.5 Å². The molecule has 0 aromatic carbocycles. The van der Waals surface area contributed by atoms with Gasteiger partial charge in [0.15, 0.2) is 12.2 Å². The number of aliphatic hydroxyl groups is 1. The average Bonchev–Trinajstić information content (AvgIpc) is 3.44. The molecule has 3 unspecified atom stereocenters. The van der Waals surface area contributed by atoms with E-state index in [1.165, 1.54) is 116 Å². The van der Waals surface area contributed by atoms with Crippen molar-refractivity contribution in [2.24, 2.45) is 11.8 Å². The Labute approximate surface area is 498 Å². The molecule has 0 aliphatic carbocycles. The molecule has 0 aliphatic rings. The van der Waals surface area contributed by atoms with Crippen molar-refractivity contribution in [2.75, 3.05) is 39.6 Å². The second-order valence-corrected chi connectivity index (χ2v) is 26.4. The number of carbonyl (C=O) groups is 4. The fourth-order valence-corrected chi connectivity index (χ4v) is 10.9. The highest BCUT2D eigenvalue weighted by molar-refractivity contribution is 7.47. The zero-order valence-corrected chi connectivity index (χ0v) is 54.6. The van der Waals surface area contributed by atoms with Gasteiger partial charge in [0.2, 0.25) is 0 Å². The Hall–Kier alpha value is -1.94. The lowest BCUT2D eigenvalue weighted by Gasteiger charge is -2.21. The molecule has 3 N–H and O–H groups in total. The van der Waals surface area contributed by atoms with Gasteiger partial charge in [-0.1, -0.05) is 260 Å². The fourth-order valence-electron chi connectivity index (χ4n) is 9.32. The number of unbranched alkanes of at least 4 members (excludes halogenated alkanes) is 31. The number of phosphoric ester groups is 2. The smallest absolute Gasteiger partial charge is 0.462 e. The first-order valence-corrected chi connectivity index (χ1v) is 36.0. The van der Waals surface area contributed by atoms with E-state index in [-0.39, 0.29) is 25.7 Å². The highest BCUT2D eigenvalue weighted by Crippen LogP contribution is 2.45. The minimum absolute atomic E-state index is 0.105. The molecule has 17 nitrogen and oxygen atoms in total. The van der Waals surface area contributed by atoms with Gasteiger partial charge in [0.1, 0.15) is 19.3 Å². The second-order valence-electron chi connectivity index (χ2n) is 23.5. The van der Waals surface area contributed by atoms with Crippen LogP contribution in [0.25, 0.3) is 0 Å². The van der Waals surface area contributed by atoms with Gasteiger partial charge in [0, 0.05) is 25.7 Å². The standard InChI is InChI=1S/C63H122O17P2/c1-7-10-12-14-16-20-29-35-41-47-62(67)79-58(51-73-60(65)45-39-33-25-15-13-11-8-2)53-77-81(69,70)75-49-57(64)50-76-82(71,72)78-54-59(52-74-61(66)46-40-34-28-24-23-27-32-38-44-56(6)9-3)80-63(68)48-42-36-30-22-19-17-18-21-26-31-37-43-55(4)5/h55-59,64H,7-54H2,1-6H3,(H,69,70)(H,71,72)/t56?,57-,58+,59+/m0/s1. The maximum atomic E-state index is 13.0. The van der Waals surface area contributed by atoms with Crippen molar-refractivity contribution in [2.45, 2.75) is 330 Å². The lowest BCUT2D eigenvalue weighted by molar-refractivity contribution is -0.161. The van der Waals surface area contributed by atoms with E-state index < -0.39 is 97.5 Å². The summed E-state index contributed by atoms with van der Waals surface area (Å²) in [4.78, 5) is 72.0. The van der Waals surface area contributed by atoms with Crippen molar-refractivity contribution in [3.8, 4) is 0 Å². The maximum absolute atomic E-state index is 13.0. The molecule has 0 fully saturated rings. The summed E-state index contributed by atoms with van der Waals surface area (Å²) in [6, 6.07) is 0.